The number of allylic oxidation sites excluding steroid dienone is 2. The Morgan fingerprint density at radius 1 is 1.00 bits per heavy atom. The minimum Gasteiger partial charge on any atom is -0.394 e. The zero-order valence-electron chi connectivity index (χ0n) is 16.5. The van der Waals surface area contributed by atoms with E-state index < -0.39 is 31.0 Å². The van der Waals surface area contributed by atoms with Gasteiger partial charge in [-0.2, -0.15) is 0 Å². The number of rotatable bonds is 16. The van der Waals surface area contributed by atoms with Crippen molar-refractivity contribution >= 4 is 0 Å². The Labute approximate surface area is 159 Å². The molecule has 0 unspecified atom stereocenters. The van der Waals surface area contributed by atoms with Gasteiger partial charge in [-0.1, -0.05) is 57.6 Å². The summed E-state index contributed by atoms with van der Waals surface area (Å²) in [7, 11) is 0. The molecular weight excluding hydrogens is 332 g/mol. The largest absolute Gasteiger partial charge is 0.394 e. The summed E-state index contributed by atoms with van der Waals surface area (Å²) in [6.45, 7) is 2.70. The van der Waals surface area contributed by atoms with E-state index in [4.69, 9.17) is 14.6 Å². The monoisotopic (exact) mass is 372 g/mol. The number of hydrogen-bond donors (Lipinski definition) is 3. The van der Waals surface area contributed by atoms with Crippen molar-refractivity contribution in [1.82, 2.24) is 0 Å². The Balaban J connectivity index is 1.90. The Bertz CT molecular complexity index is 347. The van der Waals surface area contributed by atoms with Crippen LogP contribution < -0.4 is 0 Å². The van der Waals surface area contributed by atoms with E-state index in [9.17, 15) is 10.2 Å². The molecule has 0 radical (unpaired) electrons. The van der Waals surface area contributed by atoms with E-state index in [1.165, 1.54) is 44.9 Å². The standard InChI is InChI=1S/C21H40O5/c1-2-3-4-5-6-7-8-9-10-11-12-13-14-15-25-19-17-26-21(20(19)24)18(23)16-22/h9-10,18-24H,2-8,11-17H2,1H3/b10-9+/t18-,19+,20-,21-/m0/s1. The fourth-order valence-electron chi connectivity index (χ4n) is 3.26. The lowest BCUT2D eigenvalue weighted by molar-refractivity contribution is -0.0730. The summed E-state index contributed by atoms with van der Waals surface area (Å²) in [6, 6.07) is 0. The predicted octanol–water partition coefficient (Wildman–Crippen LogP) is 3.35. The highest BCUT2D eigenvalue weighted by Gasteiger charge is 2.40. The lowest BCUT2D eigenvalue weighted by Crippen LogP contribution is -2.41. The third-order valence-corrected chi connectivity index (χ3v) is 4.97. The average molecular weight is 373 g/mol. The minimum atomic E-state index is -1.05. The molecule has 0 aromatic carbocycles. The highest BCUT2D eigenvalue weighted by molar-refractivity contribution is 4.88. The lowest BCUT2D eigenvalue weighted by atomic mass is 10.1. The van der Waals surface area contributed by atoms with Crippen LogP contribution in [-0.4, -0.2) is 59.6 Å². The van der Waals surface area contributed by atoms with E-state index in [1.807, 2.05) is 0 Å². The number of aliphatic hydroxyl groups is 3. The van der Waals surface area contributed by atoms with Crippen molar-refractivity contribution in [2.45, 2.75) is 102 Å². The third-order valence-electron chi connectivity index (χ3n) is 4.97. The highest BCUT2D eigenvalue weighted by atomic mass is 16.6. The van der Waals surface area contributed by atoms with E-state index in [-0.39, 0.29) is 6.61 Å². The minimum absolute atomic E-state index is 0.268. The molecular formula is C21H40O5. The van der Waals surface area contributed by atoms with Gasteiger partial charge in [0, 0.05) is 6.61 Å². The summed E-state index contributed by atoms with van der Waals surface area (Å²) >= 11 is 0. The van der Waals surface area contributed by atoms with Gasteiger partial charge in [0.2, 0.25) is 0 Å². The topological polar surface area (TPSA) is 79.2 Å². The zero-order valence-corrected chi connectivity index (χ0v) is 16.5. The lowest BCUT2D eigenvalue weighted by Gasteiger charge is -2.20. The quantitative estimate of drug-likeness (QED) is 0.286. The summed E-state index contributed by atoms with van der Waals surface area (Å²) in [5.41, 5.74) is 0. The number of hydrogen-bond acceptors (Lipinski definition) is 5. The fourth-order valence-corrected chi connectivity index (χ4v) is 3.26. The predicted molar refractivity (Wildman–Crippen MR) is 104 cm³/mol. The van der Waals surface area contributed by atoms with Crippen LogP contribution in [-0.2, 0) is 9.47 Å². The Hall–Kier alpha value is -0.460. The van der Waals surface area contributed by atoms with Crippen molar-refractivity contribution in [2.75, 3.05) is 19.8 Å². The van der Waals surface area contributed by atoms with Crippen LogP contribution in [0.15, 0.2) is 12.2 Å². The molecule has 5 heteroatoms. The molecule has 1 aliphatic rings. The molecule has 1 saturated heterocycles. The summed E-state index contributed by atoms with van der Waals surface area (Å²) < 4.78 is 11.0. The summed E-state index contributed by atoms with van der Waals surface area (Å²) in [6.07, 6.45) is 15.2. The molecule has 4 atom stereocenters. The average Bonchev–Trinajstić information content (AvgIpc) is 3.02. The van der Waals surface area contributed by atoms with Gasteiger partial charge in [-0.15, -0.1) is 0 Å². The second-order valence-electron chi connectivity index (χ2n) is 7.32. The van der Waals surface area contributed by atoms with Gasteiger partial charge in [0.15, 0.2) is 0 Å². The van der Waals surface area contributed by atoms with Gasteiger partial charge in [0.25, 0.3) is 0 Å². The maximum absolute atomic E-state index is 10.0. The molecule has 0 amide bonds. The summed E-state index contributed by atoms with van der Waals surface area (Å²) in [4.78, 5) is 0. The van der Waals surface area contributed by atoms with Gasteiger partial charge in [-0.05, 0) is 32.1 Å². The van der Waals surface area contributed by atoms with Crippen LogP contribution in [0.4, 0.5) is 0 Å². The van der Waals surface area contributed by atoms with Crippen molar-refractivity contribution in [3.63, 3.8) is 0 Å². The molecule has 0 aliphatic carbocycles. The number of aliphatic hydroxyl groups excluding tert-OH is 3. The van der Waals surface area contributed by atoms with Crippen LogP contribution in [0, 0.1) is 0 Å². The first-order valence-electron chi connectivity index (χ1n) is 10.6. The van der Waals surface area contributed by atoms with Crippen LogP contribution in [0.1, 0.15) is 77.6 Å². The van der Waals surface area contributed by atoms with Crippen LogP contribution >= 0.6 is 0 Å². The fraction of sp³-hybridized carbons (Fsp3) is 0.905. The molecule has 0 aromatic heterocycles. The van der Waals surface area contributed by atoms with E-state index in [0.717, 1.165) is 25.7 Å². The maximum Gasteiger partial charge on any atom is 0.114 e. The maximum atomic E-state index is 10.0. The van der Waals surface area contributed by atoms with E-state index in [2.05, 4.69) is 19.1 Å². The molecule has 5 nitrogen and oxygen atoms in total. The van der Waals surface area contributed by atoms with Crippen LogP contribution in [0.3, 0.4) is 0 Å². The van der Waals surface area contributed by atoms with Gasteiger partial charge in [-0.25, -0.2) is 0 Å². The van der Waals surface area contributed by atoms with Gasteiger partial charge in [0.05, 0.1) is 13.2 Å². The van der Waals surface area contributed by atoms with Crippen molar-refractivity contribution < 1.29 is 24.8 Å². The SMILES string of the molecule is CCCCCCCC/C=C/CCCCCO[C@@H]1CO[C@@H]([C@@H](O)CO)[C@H]1O. The molecule has 0 aromatic rings. The van der Waals surface area contributed by atoms with Crippen molar-refractivity contribution in [3.05, 3.63) is 12.2 Å². The number of unbranched alkanes of at least 4 members (excludes halogenated alkanes) is 9. The third kappa shape index (κ3) is 10.0. The number of ether oxygens (including phenoxy) is 2. The molecule has 1 heterocycles. The van der Waals surface area contributed by atoms with Gasteiger partial charge < -0.3 is 24.8 Å². The van der Waals surface area contributed by atoms with E-state index >= 15 is 0 Å². The molecule has 0 bridgehead atoms. The Morgan fingerprint density at radius 2 is 1.62 bits per heavy atom. The smallest absolute Gasteiger partial charge is 0.114 e. The van der Waals surface area contributed by atoms with Crippen LogP contribution in [0.2, 0.25) is 0 Å². The van der Waals surface area contributed by atoms with Crippen LogP contribution in [0.25, 0.3) is 0 Å². The molecule has 0 spiro atoms. The highest BCUT2D eigenvalue weighted by Crippen LogP contribution is 2.20. The van der Waals surface area contributed by atoms with Crippen molar-refractivity contribution in [2.24, 2.45) is 0 Å². The van der Waals surface area contributed by atoms with Gasteiger partial charge in [0.1, 0.15) is 24.4 Å². The molecule has 1 aliphatic heterocycles. The first-order valence-corrected chi connectivity index (χ1v) is 10.6. The normalized spacial score (nSPS) is 24.5. The Morgan fingerprint density at radius 3 is 2.27 bits per heavy atom. The first kappa shape index (κ1) is 23.6. The second-order valence-corrected chi connectivity index (χ2v) is 7.32. The van der Waals surface area contributed by atoms with Crippen molar-refractivity contribution in [1.29, 1.82) is 0 Å². The molecule has 1 rings (SSSR count). The molecule has 0 saturated carbocycles. The Kier molecular flexibility index (Phi) is 14.1. The van der Waals surface area contributed by atoms with Gasteiger partial charge >= 0.3 is 0 Å². The van der Waals surface area contributed by atoms with E-state index in [1.54, 1.807) is 0 Å². The zero-order chi connectivity index (χ0) is 19.0. The van der Waals surface area contributed by atoms with Crippen LogP contribution in [0.5, 0.6) is 0 Å². The van der Waals surface area contributed by atoms with E-state index in [0.29, 0.717) is 6.61 Å². The second kappa shape index (κ2) is 15.6. The first-order chi connectivity index (χ1) is 12.7. The molecule has 26 heavy (non-hydrogen) atoms. The van der Waals surface area contributed by atoms with Gasteiger partial charge in [-0.3, -0.25) is 0 Å². The molecule has 154 valence electrons. The molecule has 1 fully saturated rings. The summed E-state index contributed by atoms with van der Waals surface area (Å²) in [5, 5.41) is 28.5. The molecule has 3 N–H and O–H groups in total. The van der Waals surface area contributed by atoms with Crippen molar-refractivity contribution in [3.8, 4) is 0 Å². The summed E-state index contributed by atoms with van der Waals surface area (Å²) in [5.74, 6) is 0.